The molecule has 0 saturated carbocycles. The van der Waals surface area contributed by atoms with Crippen molar-refractivity contribution in [3.8, 4) is 0 Å². The van der Waals surface area contributed by atoms with Gasteiger partial charge in [0.25, 0.3) is 0 Å². The molecule has 0 amide bonds. The molecule has 1 aromatic carbocycles. The highest BCUT2D eigenvalue weighted by Crippen LogP contribution is 2.31. The average molecular weight is 279 g/mol. The van der Waals surface area contributed by atoms with Gasteiger partial charge in [-0.2, -0.15) is 0 Å². The van der Waals surface area contributed by atoms with Gasteiger partial charge >= 0.3 is 0 Å². The quantitative estimate of drug-likeness (QED) is 0.738. The minimum atomic E-state index is 0.223. The van der Waals surface area contributed by atoms with E-state index in [9.17, 15) is 0 Å². The predicted octanol–water partition coefficient (Wildman–Crippen LogP) is 1.94. The maximum Gasteiger partial charge on any atom is 0.0774 e. The van der Waals surface area contributed by atoms with Crippen molar-refractivity contribution in [3.05, 3.63) is 35.4 Å². The molecule has 0 bridgehead atoms. The van der Waals surface area contributed by atoms with Crippen LogP contribution in [0, 0.1) is 0 Å². The third-order valence-electron chi connectivity index (χ3n) is 3.76. The molecule has 0 radical (unpaired) electrons. The van der Waals surface area contributed by atoms with Gasteiger partial charge in [-0.1, -0.05) is 24.3 Å². The molecule has 2 atom stereocenters. The van der Waals surface area contributed by atoms with Crippen LogP contribution in [0.4, 0.5) is 0 Å². The summed E-state index contributed by atoms with van der Waals surface area (Å²) in [6.45, 7) is 2.52. The van der Waals surface area contributed by atoms with Gasteiger partial charge in [0.2, 0.25) is 0 Å². The Hall–Kier alpha value is -0.940. The molecule has 4 nitrogen and oxygen atoms in total. The predicted molar refractivity (Wildman–Crippen MR) is 79.0 cm³/mol. The fraction of sp³-hybridized carbons (Fsp3) is 0.625. The van der Waals surface area contributed by atoms with Crippen LogP contribution in [0.25, 0.3) is 0 Å². The van der Waals surface area contributed by atoms with Crippen LogP contribution < -0.4 is 5.32 Å². The maximum absolute atomic E-state index is 6.00. The van der Waals surface area contributed by atoms with Gasteiger partial charge in [0.05, 0.1) is 38.6 Å². The molecular formula is C16H25NO3. The lowest BCUT2D eigenvalue weighted by Crippen LogP contribution is -2.36. The zero-order valence-electron chi connectivity index (χ0n) is 12.4. The molecule has 0 aliphatic heterocycles. The smallest absolute Gasteiger partial charge is 0.0774 e. The largest absolute Gasteiger partial charge is 0.382 e. The number of hydrogen-bond donors (Lipinski definition) is 1. The Morgan fingerprint density at radius 2 is 1.95 bits per heavy atom. The normalized spacial score (nSPS) is 21.7. The minimum Gasteiger partial charge on any atom is -0.382 e. The van der Waals surface area contributed by atoms with Crippen molar-refractivity contribution >= 4 is 0 Å². The van der Waals surface area contributed by atoms with E-state index in [1.54, 1.807) is 7.11 Å². The zero-order valence-corrected chi connectivity index (χ0v) is 12.4. The molecule has 0 spiro atoms. The van der Waals surface area contributed by atoms with Crippen LogP contribution >= 0.6 is 0 Å². The number of benzene rings is 1. The second-order valence-corrected chi connectivity index (χ2v) is 5.02. The molecular weight excluding hydrogens is 254 g/mol. The fourth-order valence-corrected chi connectivity index (χ4v) is 2.75. The summed E-state index contributed by atoms with van der Waals surface area (Å²) in [7, 11) is 3.68. The summed E-state index contributed by atoms with van der Waals surface area (Å²) in [6.07, 6.45) is 2.37. The molecule has 2 unspecified atom stereocenters. The van der Waals surface area contributed by atoms with Crippen molar-refractivity contribution in [1.82, 2.24) is 5.32 Å². The maximum atomic E-state index is 6.00. The number of rotatable bonds is 8. The van der Waals surface area contributed by atoms with E-state index < -0.39 is 0 Å². The lowest BCUT2D eigenvalue weighted by molar-refractivity contribution is -0.0247. The van der Waals surface area contributed by atoms with Crippen LogP contribution in [0.2, 0.25) is 0 Å². The van der Waals surface area contributed by atoms with E-state index in [4.69, 9.17) is 14.2 Å². The van der Waals surface area contributed by atoms with Crippen molar-refractivity contribution in [3.63, 3.8) is 0 Å². The SMILES string of the molecule is CNC1c2ccccc2CCC1OCCOCCOC. The third kappa shape index (κ3) is 4.03. The van der Waals surface area contributed by atoms with E-state index >= 15 is 0 Å². The highest BCUT2D eigenvalue weighted by Gasteiger charge is 2.28. The van der Waals surface area contributed by atoms with Crippen molar-refractivity contribution < 1.29 is 14.2 Å². The highest BCUT2D eigenvalue weighted by atomic mass is 16.5. The molecule has 2 rings (SSSR count). The number of likely N-dealkylation sites (N-methyl/N-ethyl adjacent to an activating group) is 1. The monoisotopic (exact) mass is 279 g/mol. The summed E-state index contributed by atoms with van der Waals surface area (Å²) in [5.74, 6) is 0. The first kappa shape index (κ1) is 15.4. The Morgan fingerprint density at radius 1 is 1.15 bits per heavy atom. The third-order valence-corrected chi connectivity index (χ3v) is 3.76. The number of nitrogens with one attached hydrogen (secondary N) is 1. The standard InChI is InChI=1S/C16H25NO3/c1-17-16-14-6-4-3-5-13(14)7-8-15(16)20-12-11-19-10-9-18-2/h3-6,15-17H,7-12H2,1-2H3. The number of hydrogen-bond acceptors (Lipinski definition) is 4. The summed E-state index contributed by atoms with van der Waals surface area (Å²) in [6, 6.07) is 8.89. The number of aryl methyl sites for hydroxylation is 1. The van der Waals surface area contributed by atoms with Crippen molar-refractivity contribution in [2.75, 3.05) is 40.6 Å². The molecule has 20 heavy (non-hydrogen) atoms. The number of ether oxygens (including phenoxy) is 3. The minimum absolute atomic E-state index is 0.223. The summed E-state index contributed by atoms with van der Waals surface area (Å²) < 4.78 is 16.4. The van der Waals surface area contributed by atoms with E-state index in [2.05, 4.69) is 29.6 Å². The number of methoxy groups -OCH3 is 1. The first-order valence-electron chi connectivity index (χ1n) is 7.30. The Bertz CT molecular complexity index is 397. The Morgan fingerprint density at radius 3 is 2.75 bits per heavy atom. The lowest BCUT2D eigenvalue weighted by atomic mass is 9.85. The molecule has 0 fully saturated rings. The second-order valence-electron chi connectivity index (χ2n) is 5.02. The molecule has 0 saturated heterocycles. The van der Waals surface area contributed by atoms with E-state index in [1.165, 1.54) is 11.1 Å². The molecule has 0 heterocycles. The van der Waals surface area contributed by atoms with Crippen LogP contribution in [-0.2, 0) is 20.6 Å². The van der Waals surface area contributed by atoms with Crippen LogP contribution in [-0.4, -0.2) is 46.7 Å². The van der Waals surface area contributed by atoms with Gasteiger partial charge in [0.1, 0.15) is 0 Å². The van der Waals surface area contributed by atoms with Crippen LogP contribution in [0.3, 0.4) is 0 Å². The molecule has 1 aliphatic carbocycles. The second kappa shape index (κ2) is 8.37. The molecule has 1 aromatic rings. The zero-order chi connectivity index (χ0) is 14.2. The number of fused-ring (bicyclic) bond motifs is 1. The topological polar surface area (TPSA) is 39.7 Å². The van der Waals surface area contributed by atoms with E-state index in [0.29, 0.717) is 26.4 Å². The summed E-state index contributed by atoms with van der Waals surface area (Å²) in [5, 5.41) is 3.39. The highest BCUT2D eigenvalue weighted by molar-refractivity contribution is 5.33. The van der Waals surface area contributed by atoms with Gasteiger partial charge < -0.3 is 19.5 Å². The van der Waals surface area contributed by atoms with E-state index in [1.807, 2.05) is 7.05 Å². The van der Waals surface area contributed by atoms with Gasteiger partial charge in [-0.05, 0) is 31.0 Å². The summed E-state index contributed by atoms with van der Waals surface area (Å²) in [4.78, 5) is 0. The Kier molecular flexibility index (Phi) is 6.47. The van der Waals surface area contributed by atoms with Gasteiger partial charge in [0, 0.05) is 7.11 Å². The summed E-state index contributed by atoms with van der Waals surface area (Å²) in [5.41, 5.74) is 2.80. The molecule has 1 aliphatic rings. The van der Waals surface area contributed by atoms with E-state index in [0.717, 1.165) is 12.8 Å². The van der Waals surface area contributed by atoms with Crippen LogP contribution in [0.1, 0.15) is 23.6 Å². The van der Waals surface area contributed by atoms with Crippen molar-refractivity contribution in [2.24, 2.45) is 0 Å². The first-order valence-corrected chi connectivity index (χ1v) is 7.30. The molecule has 0 aromatic heterocycles. The van der Waals surface area contributed by atoms with Gasteiger partial charge in [-0.15, -0.1) is 0 Å². The van der Waals surface area contributed by atoms with Gasteiger partial charge in [0.15, 0.2) is 0 Å². The summed E-state index contributed by atoms with van der Waals surface area (Å²) >= 11 is 0. The van der Waals surface area contributed by atoms with Crippen molar-refractivity contribution in [2.45, 2.75) is 25.0 Å². The Balaban J connectivity index is 1.81. The Labute approximate surface area is 121 Å². The van der Waals surface area contributed by atoms with Gasteiger partial charge in [-0.25, -0.2) is 0 Å². The fourth-order valence-electron chi connectivity index (χ4n) is 2.75. The van der Waals surface area contributed by atoms with Crippen molar-refractivity contribution in [1.29, 1.82) is 0 Å². The average Bonchev–Trinajstić information content (AvgIpc) is 2.50. The lowest BCUT2D eigenvalue weighted by Gasteiger charge is -2.33. The molecule has 112 valence electrons. The van der Waals surface area contributed by atoms with Crippen LogP contribution in [0.15, 0.2) is 24.3 Å². The first-order chi connectivity index (χ1) is 9.86. The molecule has 4 heteroatoms. The van der Waals surface area contributed by atoms with Gasteiger partial charge in [-0.3, -0.25) is 0 Å². The molecule has 1 N–H and O–H groups in total. The van der Waals surface area contributed by atoms with Crippen LogP contribution in [0.5, 0.6) is 0 Å². The van der Waals surface area contributed by atoms with E-state index in [-0.39, 0.29) is 12.1 Å².